The number of carbonyl (C=O) groups is 2. The van der Waals surface area contributed by atoms with E-state index in [1.54, 1.807) is 36.4 Å². The van der Waals surface area contributed by atoms with Crippen molar-refractivity contribution in [3.63, 3.8) is 0 Å². The number of ether oxygens (including phenoxy) is 2. The van der Waals surface area contributed by atoms with Crippen LogP contribution in [0.15, 0.2) is 84.9 Å². The van der Waals surface area contributed by atoms with Crippen molar-refractivity contribution in [2.24, 2.45) is 0 Å². The lowest BCUT2D eigenvalue weighted by atomic mass is 10.1. The Kier molecular flexibility index (Phi) is 13.3. The summed E-state index contributed by atoms with van der Waals surface area (Å²) in [5.74, 6) is -0.609. The van der Waals surface area contributed by atoms with E-state index < -0.39 is 0 Å². The van der Waals surface area contributed by atoms with Crippen LogP contribution < -0.4 is 10.6 Å². The molecular formula is C36H36Cl4N4O4. The number of hydrogen-bond acceptors (Lipinski definition) is 8. The van der Waals surface area contributed by atoms with Gasteiger partial charge in [0, 0.05) is 50.6 Å². The molecule has 0 unspecified atom stereocenters. The summed E-state index contributed by atoms with van der Waals surface area (Å²) in [6.07, 6.45) is 0.241. The first kappa shape index (κ1) is 35.8. The fourth-order valence-corrected chi connectivity index (χ4v) is 6.31. The third-order valence-electron chi connectivity index (χ3n) is 7.96. The van der Waals surface area contributed by atoms with E-state index >= 15 is 0 Å². The maximum Gasteiger partial charge on any atom is 0.310 e. The molecule has 252 valence electrons. The largest absolute Gasteiger partial charge is 0.464 e. The van der Waals surface area contributed by atoms with Crippen LogP contribution in [0, 0.1) is 0 Å². The highest BCUT2D eigenvalue weighted by Gasteiger charge is 2.19. The van der Waals surface area contributed by atoms with E-state index in [2.05, 4.69) is 20.4 Å². The van der Waals surface area contributed by atoms with Gasteiger partial charge in [0.2, 0.25) is 0 Å². The summed E-state index contributed by atoms with van der Waals surface area (Å²) in [5, 5.41) is 8.47. The zero-order valence-electron chi connectivity index (χ0n) is 26.2. The van der Waals surface area contributed by atoms with E-state index in [1.165, 1.54) is 0 Å². The van der Waals surface area contributed by atoms with Gasteiger partial charge in [-0.1, -0.05) is 94.9 Å². The lowest BCUT2D eigenvalue weighted by molar-refractivity contribution is -0.144. The van der Waals surface area contributed by atoms with Crippen LogP contribution in [0.3, 0.4) is 0 Å². The quantitative estimate of drug-likeness (QED) is 0.126. The third-order valence-corrected chi connectivity index (χ3v) is 9.22. The van der Waals surface area contributed by atoms with Crippen molar-refractivity contribution in [3.8, 4) is 0 Å². The van der Waals surface area contributed by atoms with Crippen molar-refractivity contribution in [1.29, 1.82) is 0 Å². The Morgan fingerprint density at radius 3 is 1.27 bits per heavy atom. The van der Waals surface area contributed by atoms with Crippen molar-refractivity contribution in [2.45, 2.75) is 12.8 Å². The number of anilines is 4. The van der Waals surface area contributed by atoms with Gasteiger partial charge in [-0.05, 0) is 47.5 Å². The van der Waals surface area contributed by atoms with Gasteiger partial charge in [0.15, 0.2) is 0 Å². The molecule has 0 aliphatic carbocycles. The number of nitrogens with zero attached hydrogens (tertiary/aromatic N) is 2. The number of esters is 2. The maximum atomic E-state index is 12.7. The Labute approximate surface area is 300 Å². The average Bonchev–Trinajstić information content (AvgIpc) is 3.07. The highest BCUT2D eigenvalue weighted by Crippen LogP contribution is 2.35. The van der Waals surface area contributed by atoms with Gasteiger partial charge < -0.3 is 20.1 Å². The molecule has 1 aliphatic rings. The number of carbonyl (C=O) groups excluding carboxylic acids is 2. The zero-order chi connectivity index (χ0) is 33.9. The van der Waals surface area contributed by atoms with E-state index in [0.717, 1.165) is 48.7 Å². The number of para-hydroxylation sites is 4. The summed E-state index contributed by atoms with van der Waals surface area (Å²) in [6, 6.07) is 25.6. The minimum Gasteiger partial charge on any atom is -0.464 e. The molecule has 0 spiro atoms. The second-order valence-corrected chi connectivity index (χ2v) is 12.9. The van der Waals surface area contributed by atoms with Gasteiger partial charge in [0.25, 0.3) is 0 Å². The second kappa shape index (κ2) is 17.8. The summed E-state index contributed by atoms with van der Waals surface area (Å²) >= 11 is 25.2. The molecule has 8 nitrogen and oxygen atoms in total. The summed E-state index contributed by atoms with van der Waals surface area (Å²) in [7, 11) is 0. The smallest absolute Gasteiger partial charge is 0.310 e. The van der Waals surface area contributed by atoms with Gasteiger partial charge in [-0.2, -0.15) is 0 Å². The Morgan fingerprint density at radius 1 is 0.542 bits per heavy atom. The van der Waals surface area contributed by atoms with E-state index in [-0.39, 0.29) is 24.8 Å². The van der Waals surface area contributed by atoms with E-state index in [9.17, 15) is 9.59 Å². The molecule has 1 aliphatic heterocycles. The van der Waals surface area contributed by atoms with Crippen LogP contribution in [-0.2, 0) is 31.9 Å². The molecule has 5 rings (SSSR count). The van der Waals surface area contributed by atoms with Gasteiger partial charge in [-0.25, -0.2) is 0 Å². The van der Waals surface area contributed by atoms with Crippen LogP contribution in [0.1, 0.15) is 11.1 Å². The molecule has 0 amide bonds. The topological polar surface area (TPSA) is 83.1 Å². The van der Waals surface area contributed by atoms with E-state index in [0.29, 0.717) is 57.8 Å². The van der Waals surface area contributed by atoms with Crippen LogP contribution in [0.4, 0.5) is 22.7 Å². The number of benzene rings is 4. The maximum absolute atomic E-state index is 12.7. The first-order chi connectivity index (χ1) is 23.3. The lowest BCUT2D eigenvalue weighted by Gasteiger charge is -2.34. The first-order valence-electron chi connectivity index (χ1n) is 15.6. The minimum atomic E-state index is -0.305. The molecule has 0 aromatic heterocycles. The molecule has 12 heteroatoms. The van der Waals surface area contributed by atoms with Crippen LogP contribution in [-0.4, -0.2) is 74.2 Å². The normalized spacial score (nSPS) is 13.6. The minimum absolute atomic E-state index is 0.121. The number of rotatable bonds is 14. The van der Waals surface area contributed by atoms with Gasteiger partial charge in [0.1, 0.15) is 13.2 Å². The van der Waals surface area contributed by atoms with Crippen LogP contribution in [0.25, 0.3) is 0 Å². The molecule has 0 saturated carbocycles. The highest BCUT2D eigenvalue weighted by atomic mass is 35.5. The first-order valence-corrected chi connectivity index (χ1v) is 17.1. The Morgan fingerprint density at radius 2 is 0.896 bits per heavy atom. The molecule has 0 atom stereocenters. The van der Waals surface area contributed by atoms with E-state index in [1.807, 2.05) is 48.5 Å². The Balaban J connectivity index is 0.987. The average molecular weight is 731 g/mol. The Hall–Kier alpha value is -3.50. The van der Waals surface area contributed by atoms with Crippen molar-refractivity contribution in [3.05, 3.63) is 116 Å². The third kappa shape index (κ3) is 10.3. The SMILES string of the molecule is O=C(Cc1ccccc1Nc1c(Cl)cccc1Cl)OCCN1CCN(CCOC(=O)Cc2ccccc2Nc2c(Cl)cccc2Cl)CC1. The van der Waals surface area contributed by atoms with Crippen LogP contribution >= 0.6 is 46.4 Å². The highest BCUT2D eigenvalue weighted by molar-refractivity contribution is 6.39. The molecule has 4 aromatic rings. The monoisotopic (exact) mass is 728 g/mol. The van der Waals surface area contributed by atoms with E-state index in [4.69, 9.17) is 55.9 Å². The predicted molar refractivity (Wildman–Crippen MR) is 195 cm³/mol. The summed E-state index contributed by atoms with van der Waals surface area (Å²) in [4.78, 5) is 29.9. The lowest BCUT2D eigenvalue weighted by Crippen LogP contribution is -2.48. The van der Waals surface area contributed by atoms with Gasteiger partial charge >= 0.3 is 11.9 Å². The van der Waals surface area contributed by atoms with Crippen molar-refractivity contribution < 1.29 is 19.1 Å². The molecular weight excluding hydrogens is 694 g/mol. The number of piperazine rings is 1. The summed E-state index contributed by atoms with van der Waals surface area (Å²) < 4.78 is 11.1. The van der Waals surface area contributed by atoms with Crippen molar-refractivity contribution in [1.82, 2.24) is 9.80 Å². The molecule has 0 radical (unpaired) electrons. The molecule has 1 heterocycles. The molecule has 1 saturated heterocycles. The van der Waals surface area contributed by atoms with Crippen molar-refractivity contribution in [2.75, 3.05) is 63.1 Å². The van der Waals surface area contributed by atoms with Crippen LogP contribution in [0.2, 0.25) is 20.1 Å². The molecule has 2 N–H and O–H groups in total. The summed E-state index contributed by atoms with van der Waals surface area (Å²) in [5.41, 5.74) is 4.24. The fraction of sp³-hybridized carbons (Fsp3) is 0.278. The number of halogens is 4. The molecule has 4 aromatic carbocycles. The Bertz CT molecular complexity index is 1550. The fourth-order valence-electron chi connectivity index (χ4n) is 5.32. The molecule has 1 fully saturated rings. The zero-order valence-corrected chi connectivity index (χ0v) is 29.2. The predicted octanol–water partition coefficient (Wildman–Crippen LogP) is 8.28. The number of nitrogens with one attached hydrogen (secondary N) is 2. The number of hydrogen-bond donors (Lipinski definition) is 2. The van der Waals surface area contributed by atoms with Gasteiger partial charge in [0.05, 0.1) is 44.3 Å². The van der Waals surface area contributed by atoms with Gasteiger partial charge in [-0.15, -0.1) is 0 Å². The standard InChI is InChI=1S/C36H36Cl4N4O4/c37-27-9-5-10-28(38)35(27)41-31-13-3-1-7-25(31)23-33(45)47-21-19-43-15-17-44(18-16-43)20-22-48-34(46)24-26-8-2-4-14-32(26)42-36-29(39)11-6-12-30(36)40/h1-14,41-42H,15-24H2. The second-order valence-electron chi connectivity index (χ2n) is 11.2. The van der Waals surface area contributed by atoms with Crippen LogP contribution in [0.5, 0.6) is 0 Å². The summed E-state index contributed by atoms with van der Waals surface area (Å²) in [6.45, 7) is 5.25. The molecule has 48 heavy (non-hydrogen) atoms. The van der Waals surface area contributed by atoms with Crippen molar-refractivity contribution >= 4 is 81.1 Å². The van der Waals surface area contributed by atoms with Gasteiger partial charge in [-0.3, -0.25) is 19.4 Å². The molecule has 0 bridgehead atoms.